The Bertz CT molecular complexity index is 641. The van der Waals surface area contributed by atoms with Gasteiger partial charge in [-0.05, 0) is 49.9 Å². The molecule has 7 heteroatoms. The number of rotatable bonds is 3. The van der Waals surface area contributed by atoms with Crippen LogP contribution in [0.5, 0.6) is 0 Å². The maximum Gasteiger partial charge on any atom is 0.306 e. The van der Waals surface area contributed by atoms with Crippen molar-refractivity contribution in [2.24, 2.45) is 5.92 Å². The van der Waals surface area contributed by atoms with Gasteiger partial charge in [-0.3, -0.25) is 4.79 Å². The Morgan fingerprint density at radius 3 is 2.14 bits per heavy atom. The van der Waals surface area contributed by atoms with E-state index in [1.807, 2.05) is 0 Å². The molecule has 1 aromatic carbocycles. The van der Waals surface area contributed by atoms with E-state index in [0.29, 0.717) is 28.9 Å². The number of piperidine rings is 1. The quantitative estimate of drug-likeness (QED) is 0.880. The zero-order valence-corrected chi connectivity index (χ0v) is 14.4. The normalized spacial score (nSPS) is 17.9. The number of aliphatic carboxylic acids is 1. The van der Waals surface area contributed by atoms with Crippen LogP contribution in [0.25, 0.3) is 0 Å². The molecule has 1 aliphatic rings. The molecular weight excluding hydrogens is 358 g/mol. The molecule has 1 saturated heterocycles. The van der Waals surface area contributed by atoms with Crippen LogP contribution in [0.2, 0.25) is 0 Å². The number of carbonyl (C=O) groups is 1. The molecule has 1 fully saturated rings. The Morgan fingerprint density at radius 1 is 1.24 bits per heavy atom. The molecule has 0 aromatic heterocycles. The Labute approximate surface area is 133 Å². The van der Waals surface area contributed by atoms with Crippen LogP contribution in [-0.2, 0) is 14.8 Å². The molecule has 2 rings (SSSR count). The van der Waals surface area contributed by atoms with Gasteiger partial charge in [0, 0.05) is 17.6 Å². The number of benzene rings is 1. The van der Waals surface area contributed by atoms with E-state index < -0.39 is 21.9 Å². The number of halogens is 1. The number of hydrogen-bond acceptors (Lipinski definition) is 3. The van der Waals surface area contributed by atoms with Crippen molar-refractivity contribution in [2.75, 3.05) is 13.1 Å². The van der Waals surface area contributed by atoms with Crippen molar-refractivity contribution in [1.82, 2.24) is 4.31 Å². The second-order valence-corrected chi connectivity index (χ2v) is 8.18. The van der Waals surface area contributed by atoms with Crippen molar-refractivity contribution in [3.63, 3.8) is 0 Å². The zero-order valence-electron chi connectivity index (χ0n) is 12.0. The van der Waals surface area contributed by atoms with Crippen molar-refractivity contribution in [3.05, 3.63) is 27.7 Å². The van der Waals surface area contributed by atoms with E-state index >= 15 is 0 Å². The summed E-state index contributed by atoms with van der Waals surface area (Å²) in [5.41, 5.74) is 1.39. The lowest BCUT2D eigenvalue weighted by atomic mass is 9.99. The van der Waals surface area contributed by atoms with Crippen LogP contribution < -0.4 is 0 Å². The second-order valence-electron chi connectivity index (χ2n) is 5.39. The van der Waals surface area contributed by atoms with Gasteiger partial charge in [-0.15, -0.1) is 0 Å². The molecule has 1 heterocycles. The van der Waals surface area contributed by atoms with E-state index in [9.17, 15) is 13.2 Å². The van der Waals surface area contributed by atoms with Crippen LogP contribution in [0, 0.1) is 19.8 Å². The van der Waals surface area contributed by atoms with Crippen molar-refractivity contribution >= 4 is 31.9 Å². The van der Waals surface area contributed by atoms with E-state index in [0.717, 1.165) is 4.47 Å². The average molecular weight is 376 g/mol. The molecule has 0 unspecified atom stereocenters. The van der Waals surface area contributed by atoms with Gasteiger partial charge in [0.25, 0.3) is 0 Å². The lowest BCUT2D eigenvalue weighted by Gasteiger charge is -2.30. The van der Waals surface area contributed by atoms with E-state index in [4.69, 9.17) is 5.11 Å². The van der Waals surface area contributed by atoms with Gasteiger partial charge < -0.3 is 5.11 Å². The van der Waals surface area contributed by atoms with Gasteiger partial charge in [-0.1, -0.05) is 15.9 Å². The lowest BCUT2D eigenvalue weighted by Crippen LogP contribution is -2.40. The van der Waals surface area contributed by atoms with Gasteiger partial charge in [0.05, 0.1) is 10.8 Å². The molecule has 1 aliphatic heterocycles. The molecule has 0 spiro atoms. The van der Waals surface area contributed by atoms with E-state index in [2.05, 4.69) is 15.9 Å². The van der Waals surface area contributed by atoms with Crippen LogP contribution in [0.1, 0.15) is 24.0 Å². The Morgan fingerprint density at radius 2 is 1.71 bits per heavy atom. The van der Waals surface area contributed by atoms with Crippen LogP contribution in [-0.4, -0.2) is 36.9 Å². The minimum atomic E-state index is -3.57. The van der Waals surface area contributed by atoms with Gasteiger partial charge in [-0.25, -0.2) is 8.42 Å². The van der Waals surface area contributed by atoms with Crippen LogP contribution in [0.15, 0.2) is 21.5 Å². The molecule has 1 N–H and O–H groups in total. The minimum Gasteiger partial charge on any atom is -0.481 e. The summed E-state index contributed by atoms with van der Waals surface area (Å²) in [6, 6.07) is 3.56. The second kappa shape index (κ2) is 6.06. The predicted molar refractivity (Wildman–Crippen MR) is 82.7 cm³/mol. The fraction of sp³-hybridized carbons (Fsp3) is 0.500. The molecule has 1 aromatic rings. The van der Waals surface area contributed by atoms with Crippen molar-refractivity contribution in [3.8, 4) is 0 Å². The highest BCUT2D eigenvalue weighted by atomic mass is 79.9. The Kier molecular flexibility index (Phi) is 4.75. The van der Waals surface area contributed by atoms with Crippen LogP contribution >= 0.6 is 15.9 Å². The smallest absolute Gasteiger partial charge is 0.306 e. The predicted octanol–water partition coefficient (Wildman–Crippen LogP) is 2.55. The lowest BCUT2D eigenvalue weighted by molar-refractivity contribution is -0.142. The third-order valence-electron chi connectivity index (χ3n) is 3.83. The summed E-state index contributed by atoms with van der Waals surface area (Å²) in [5.74, 6) is -1.29. The van der Waals surface area contributed by atoms with Gasteiger partial charge in [0.1, 0.15) is 0 Å². The third kappa shape index (κ3) is 3.30. The van der Waals surface area contributed by atoms with Crippen molar-refractivity contribution in [2.45, 2.75) is 31.6 Å². The summed E-state index contributed by atoms with van der Waals surface area (Å²) in [6.07, 6.45) is 0.729. The molecule has 0 aliphatic carbocycles. The fourth-order valence-electron chi connectivity index (χ4n) is 2.78. The SMILES string of the molecule is Cc1cc(Br)cc(C)c1S(=O)(=O)N1CCC(C(=O)O)CC1. The molecule has 21 heavy (non-hydrogen) atoms. The van der Waals surface area contributed by atoms with Gasteiger partial charge in [0.2, 0.25) is 10.0 Å². The summed E-state index contributed by atoms with van der Waals surface area (Å²) in [7, 11) is -3.57. The first kappa shape index (κ1) is 16.5. The molecule has 0 saturated carbocycles. The molecule has 5 nitrogen and oxygen atoms in total. The standard InChI is InChI=1S/C14H18BrNO4S/c1-9-7-12(15)8-10(2)13(9)21(19,20)16-5-3-11(4-6-16)14(17)18/h7-8,11H,3-6H2,1-2H3,(H,17,18). The third-order valence-corrected chi connectivity index (χ3v) is 6.49. The molecule has 0 bridgehead atoms. The van der Waals surface area contributed by atoms with E-state index in [1.54, 1.807) is 26.0 Å². The molecular formula is C14H18BrNO4S. The van der Waals surface area contributed by atoms with E-state index in [-0.39, 0.29) is 13.1 Å². The minimum absolute atomic E-state index is 0.258. The maximum absolute atomic E-state index is 12.8. The van der Waals surface area contributed by atoms with Crippen LogP contribution in [0.4, 0.5) is 0 Å². The Balaban J connectivity index is 2.30. The molecule has 116 valence electrons. The van der Waals surface area contributed by atoms with Crippen molar-refractivity contribution in [1.29, 1.82) is 0 Å². The molecule has 0 radical (unpaired) electrons. The fourth-order valence-corrected chi connectivity index (χ4v) is 5.34. The van der Waals surface area contributed by atoms with Gasteiger partial charge in [0.15, 0.2) is 0 Å². The van der Waals surface area contributed by atoms with Crippen molar-refractivity contribution < 1.29 is 18.3 Å². The first-order valence-corrected chi connectivity index (χ1v) is 8.96. The summed E-state index contributed by atoms with van der Waals surface area (Å²) in [6.45, 7) is 4.06. The summed E-state index contributed by atoms with van der Waals surface area (Å²) in [4.78, 5) is 11.3. The highest BCUT2D eigenvalue weighted by Gasteiger charge is 2.33. The number of carboxylic acid groups (broad SMARTS) is 1. The highest BCUT2D eigenvalue weighted by molar-refractivity contribution is 9.10. The first-order valence-electron chi connectivity index (χ1n) is 6.73. The number of sulfonamides is 1. The number of aryl methyl sites for hydroxylation is 2. The summed E-state index contributed by atoms with van der Waals surface area (Å²) < 4.78 is 27.8. The number of carboxylic acids is 1. The first-order chi connectivity index (χ1) is 9.73. The maximum atomic E-state index is 12.8. The van der Waals surface area contributed by atoms with Crippen LogP contribution in [0.3, 0.4) is 0 Å². The zero-order chi connectivity index (χ0) is 15.8. The molecule has 0 atom stereocenters. The summed E-state index contributed by atoms with van der Waals surface area (Å²) >= 11 is 3.36. The topological polar surface area (TPSA) is 74.7 Å². The Hall–Kier alpha value is -0.920. The van der Waals surface area contributed by atoms with Gasteiger partial charge >= 0.3 is 5.97 Å². The largest absolute Gasteiger partial charge is 0.481 e. The number of nitrogens with zero attached hydrogens (tertiary/aromatic N) is 1. The number of hydrogen-bond donors (Lipinski definition) is 1. The summed E-state index contributed by atoms with van der Waals surface area (Å²) in [5, 5.41) is 8.99. The molecule has 0 amide bonds. The monoisotopic (exact) mass is 375 g/mol. The van der Waals surface area contributed by atoms with Gasteiger partial charge in [-0.2, -0.15) is 4.31 Å². The highest BCUT2D eigenvalue weighted by Crippen LogP contribution is 2.30. The average Bonchev–Trinajstić information content (AvgIpc) is 2.37. The van der Waals surface area contributed by atoms with E-state index in [1.165, 1.54) is 4.31 Å².